The van der Waals surface area contributed by atoms with Crippen LogP contribution >= 0.6 is 23.4 Å². The normalized spacial score (nSPS) is 14.6. The summed E-state index contributed by atoms with van der Waals surface area (Å²) >= 11 is 7.88. The van der Waals surface area contributed by atoms with Gasteiger partial charge >= 0.3 is 0 Å². The van der Waals surface area contributed by atoms with Gasteiger partial charge in [0.15, 0.2) is 5.78 Å². The number of ketones is 1. The monoisotopic (exact) mass is 400 g/mol. The van der Waals surface area contributed by atoms with Crippen LogP contribution in [0.3, 0.4) is 0 Å². The molecule has 26 heavy (non-hydrogen) atoms. The lowest BCUT2D eigenvalue weighted by atomic mass is 10.0. The van der Waals surface area contributed by atoms with Crippen LogP contribution in [0, 0.1) is 6.92 Å². The number of benzene rings is 3. The van der Waals surface area contributed by atoms with Crippen LogP contribution in [-0.2, 0) is 9.84 Å². The second kappa shape index (κ2) is 6.27. The maximum absolute atomic E-state index is 13.1. The summed E-state index contributed by atoms with van der Waals surface area (Å²) in [6.45, 7) is 1.98. The van der Waals surface area contributed by atoms with Gasteiger partial charge in [-0.1, -0.05) is 53.7 Å². The van der Waals surface area contributed by atoms with E-state index in [2.05, 4.69) is 0 Å². The summed E-state index contributed by atoms with van der Waals surface area (Å²) in [6.07, 6.45) is 0. The number of halogens is 1. The second-order valence-corrected chi connectivity index (χ2v) is 9.27. The van der Waals surface area contributed by atoms with Crippen LogP contribution in [0.2, 0.25) is 5.02 Å². The van der Waals surface area contributed by atoms with Crippen molar-refractivity contribution in [3.05, 3.63) is 82.4 Å². The van der Waals surface area contributed by atoms with E-state index in [1.54, 1.807) is 24.3 Å². The molecular formula is C20H13ClO3S2. The minimum absolute atomic E-state index is 0.0115. The van der Waals surface area contributed by atoms with Gasteiger partial charge in [0.05, 0.1) is 9.92 Å². The second-order valence-electron chi connectivity index (χ2n) is 5.95. The van der Waals surface area contributed by atoms with Gasteiger partial charge in [-0.3, -0.25) is 4.79 Å². The summed E-state index contributed by atoms with van der Waals surface area (Å²) in [5.74, 6) is -0.320. The number of fused-ring (bicyclic) bond motifs is 2. The lowest BCUT2D eigenvalue weighted by Gasteiger charge is -2.21. The topological polar surface area (TPSA) is 51.2 Å². The van der Waals surface area contributed by atoms with E-state index in [1.165, 1.54) is 23.9 Å². The van der Waals surface area contributed by atoms with Crippen LogP contribution in [0.5, 0.6) is 0 Å². The van der Waals surface area contributed by atoms with E-state index in [1.807, 2.05) is 31.2 Å². The zero-order valence-corrected chi connectivity index (χ0v) is 16.1. The maximum atomic E-state index is 13.1. The molecule has 3 aromatic carbocycles. The van der Waals surface area contributed by atoms with Crippen molar-refractivity contribution in [3.63, 3.8) is 0 Å². The fraction of sp³-hybridized carbons (Fsp3) is 0.0500. The summed E-state index contributed by atoms with van der Waals surface area (Å²) < 4.78 is 26.2. The standard InChI is InChI=1S/C20H13ClO3S2/c1-12-6-2-4-8-15(12)25-16-11-10-14-19(22)13-7-3-5-9-17(13)26(23,24)20(14)18(16)21/h2-11H,1H3. The van der Waals surface area contributed by atoms with E-state index < -0.39 is 9.84 Å². The SMILES string of the molecule is Cc1ccccc1Sc1ccc2c(c1Cl)S(=O)(=O)c1ccccc1C2=O. The van der Waals surface area contributed by atoms with Crippen LogP contribution in [0.4, 0.5) is 0 Å². The first-order chi connectivity index (χ1) is 12.4. The van der Waals surface area contributed by atoms with Crippen LogP contribution in [0.15, 0.2) is 80.2 Å². The number of carbonyl (C=O) groups is 1. The van der Waals surface area contributed by atoms with E-state index in [4.69, 9.17) is 11.6 Å². The third-order valence-corrected chi connectivity index (χ3v) is 8.06. The Morgan fingerprint density at radius 1 is 0.846 bits per heavy atom. The fourth-order valence-corrected chi connectivity index (χ4v) is 6.31. The molecule has 4 rings (SSSR count). The molecule has 0 saturated carbocycles. The first-order valence-electron chi connectivity index (χ1n) is 7.86. The van der Waals surface area contributed by atoms with E-state index >= 15 is 0 Å². The lowest BCUT2D eigenvalue weighted by molar-refractivity contribution is 0.103. The minimum atomic E-state index is -3.86. The van der Waals surface area contributed by atoms with Gasteiger partial charge in [0.25, 0.3) is 0 Å². The molecule has 0 bridgehead atoms. The van der Waals surface area contributed by atoms with Gasteiger partial charge in [0, 0.05) is 20.9 Å². The predicted molar refractivity (Wildman–Crippen MR) is 102 cm³/mol. The molecule has 1 heterocycles. The van der Waals surface area contributed by atoms with E-state index in [0.29, 0.717) is 4.90 Å². The van der Waals surface area contributed by atoms with Crippen molar-refractivity contribution in [2.75, 3.05) is 0 Å². The number of sulfone groups is 1. The van der Waals surface area contributed by atoms with Crippen LogP contribution in [0.25, 0.3) is 0 Å². The Morgan fingerprint density at radius 3 is 2.31 bits per heavy atom. The molecule has 0 aliphatic carbocycles. The Balaban J connectivity index is 1.91. The Bertz CT molecular complexity index is 1170. The third-order valence-electron chi connectivity index (χ3n) is 4.31. The third kappa shape index (κ3) is 2.58. The number of carbonyl (C=O) groups excluding carboxylic acids is 1. The number of aryl methyl sites for hydroxylation is 1. The predicted octanol–water partition coefficient (Wildman–Crippen LogP) is 5.18. The van der Waals surface area contributed by atoms with Gasteiger partial charge in [0.1, 0.15) is 4.90 Å². The molecule has 3 aromatic rings. The van der Waals surface area contributed by atoms with Gasteiger partial charge in [-0.25, -0.2) is 8.42 Å². The van der Waals surface area contributed by atoms with Crippen molar-refractivity contribution in [3.8, 4) is 0 Å². The highest BCUT2D eigenvalue weighted by Gasteiger charge is 2.37. The van der Waals surface area contributed by atoms with E-state index in [0.717, 1.165) is 10.5 Å². The lowest BCUT2D eigenvalue weighted by Crippen LogP contribution is -2.20. The van der Waals surface area contributed by atoms with Crippen molar-refractivity contribution in [1.29, 1.82) is 0 Å². The van der Waals surface area contributed by atoms with Gasteiger partial charge in [0.2, 0.25) is 9.84 Å². The van der Waals surface area contributed by atoms with Crippen molar-refractivity contribution in [1.82, 2.24) is 0 Å². The van der Waals surface area contributed by atoms with Gasteiger partial charge in [-0.05, 0) is 42.8 Å². The molecule has 0 aromatic heterocycles. The van der Waals surface area contributed by atoms with E-state index in [9.17, 15) is 13.2 Å². The van der Waals surface area contributed by atoms with Crippen LogP contribution in [0.1, 0.15) is 21.5 Å². The van der Waals surface area contributed by atoms with Gasteiger partial charge in [-0.15, -0.1) is 0 Å². The Hall–Kier alpha value is -2.08. The molecule has 1 aliphatic rings. The van der Waals surface area contributed by atoms with Crippen molar-refractivity contribution >= 4 is 39.0 Å². The largest absolute Gasteiger partial charge is 0.289 e. The molecule has 6 heteroatoms. The van der Waals surface area contributed by atoms with Gasteiger partial charge < -0.3 is 0 Å². The van der Waals surface area contributed by atoms with Crippen LogP contribution in [-0.4, -0.2) is 14.2 Å². The first-order valence-corrected chi connectivity index (χ1v) is 10.5. The molecule has 3 nitrogen and oxygen atoms in total. The molecular weight excluding hydrogens is 388 g/mol. The highest BCUT2D eigenvalue weighted by Crippen LogP contribution is 2.44. The quantitative estimate of drug-likeness (QED) is 0.465. The Morgan fingerprint density at radius 2 is 1.54 bits per heavy atom. The van der Waals surface area contributed by atoms with Crippen molar-refractivity contribution < 1.29 is 13.2 Å². The molecule has 0 spiro atoms. The molecule has 130 valence electrons. The summed E-state index contributed by atoms with van der Waals surface area (Å²) in [6, 6.07) is 17.3. The average Bonchev–Trinajstić information content (AvgIpc) is 2.63. The maximum Gasteiger partial charge on any atom is 0.209 e. The summed E-state index contributed by atoms with van der Waals surface area (Å²) in [7, 11) is -3.86. The Labute approximate surface area is 160 Å². The Kier molecular flexibility index (Phi) is 4.18. The summed E-state index contributed by atoms with van der Waals surface area (Å²) in [5, 5.41) is 0.0959. The summed E-state index contributed by atoms with van der Waals surface area (Å²) in [4.78, 5) is 14.2. The van der Waals surface area contributed by atoms with Gasteiger partial charge in [-0.2, -0.15) is 0 Å². The molecule has 0 fully saturated rings. The molecule has 0 saturated heterocycles. The zero-order valence-electron chi connectivity index (χ0n) is 13.7. The first kappa shape index (κ1) is 17.3. The average molecular weight is 401 g/mol. The fourth-order valence-electron chi connectivity index (χ4n) is 2.99. The number of hydrogen-bond donors (Lipinski definition) is 0. The molecule has 0 N–H and O–H groups in total. The number of rotatable bonds is 2. The minimum Gasteiger partial charge on any atom is -0.289 e. The van der Waals surface area contributed by atoms with E-state index in [-0.39, 0.29) is 31.7 Å². The van der Waals surface area contributed by atoms with Crippen LogP contribution < -0.4 is 0 Å². The smallest absolute Gasteiger partial charge is 0.209 e. The summed E-state index contributed by atoms with van der Waals surface area (Å²) in [5.41, 5.74) is 1.38. The zero-order chi connectivity index (χ0) is 18.5. The molecule has 0 unspecified atom stereocenters. The molecule has 0 radical (unpaired) electrons. The molecule has 0 atom stereocenters. The molecule has 1 aliphatic heterocycles. The number of hydrogen-bond acceptors (Lipinski definition) is 4. The highest BCUT2D eigenvalue weighted by atomic mass is 35.5. The van der Waals surface area contributed by atoms with Crippen molar-refractivity contribution in [2.24, 2.45) is 0 Å². The van der Waals surface area contributed by atoms with Crippen molar-refractivity contribution in [2.45, 2.75) is 26.5 Å². The molecule has 0 amide bonds. The highest BCUT2D eigenvalue weighted by molar-refractivity contribution is 7.99.